The van der Waals surface area contributed by atoms with E-state index in [4.69, 9.17) is 4.42 Å². The minimum Gasteiger partial charge on any atom is -0.424 e. The summed E-state index contributed by atoms with van der Waals surface area (Å²) in [4.78, 5) is 0. The Kier molecular flexibility index (Phi) is 3.89. The van der Waals surface area contributed by atoms with Crippen LogP contribution in [0.3, 0.4) is 0 Å². The fourth-order valence-electron chi connectivity index (χ4n) is 1.22. The molecule has 74 valence electrons. The number of nitrogens with zero attached hydrogens (tertiary/aromatic N) is 2. The maximum Gasteiger partial charge on any atom is 0.230 e. The molecule has 4 nitrogen and oxygen atoms in total. The Morgan fingerprint density at radius 2 is 2.00 bits per heavy atom. The zero-order chi connectivity index (χ0) is 9.68. The molecular weight excluding hydrogens is 166 g/mol. The van der Waals surface area contributed by atoms with E-state index in [1.54, 1.807) is 6.92 Å². The molecular formula is C9H17N3O. The van der Waals surface area contributed by atoms with E-state index in [0.29, 0.717) is 24.4 Å². The maximum atomic E-state index is 5.24. The van der Waals surface area contributed by atoms with Crippen molar-refractivity contribution in [2.45, 2.75) is 46.2 Å². The Balaban J connectivity index is 2.33. The minimum atomic E-state index is 0.548. The van der Waals surface area contributed by atoms with E-state index in [9.17, 15) is 0 Å². The molecule has 0 radical (unpaired) electrons. The van der Waals surface area contributed by atoms with E-state index < -0.39 is 0 Å². The summed E-state index contributed by atoms with van der Waals surface area (Å²) in [5, 5.41) is 11.0. The van der Waals surface area contributed by atoms with Crippen molar-refractivity contribution < 1.29 is 4.42 Å². The molecule has 0 spiro atoms. The van der Waals surface area contributed by atoms with Gasteiger partial charge in [0.2, 0.25) is 11.8 Å². The van der Waals surface area contributed by atoms with Crippen molar-refractivity contribution in [3.05, 3.63) is 11.8 Å². The van der Waals surface area contributed by atoms with Gasteiger partial charge in [0.1, 0.15) is 0 Å². The third kappa shape index (κ3) is 3.14. The topological polar surface area (TPSA) is 51.0 Å². The Morgan fingerprint density at radius 1 is 1.31 bits per heavy atom. The first-order valence-corrected chi connectivity index (χ1v) is 4.78. The van der Waals surface area contributed by atoms with Crippen LogP contribution in [-0.2, 0) is 6.54 Å². The van der Waals surface area contributed by atoms with Gasteiger partial charge in [-0.05, 0) is 12.8 Å². The van der Waals surface area contributed by atoms with Crippen LogP contribution in [0.5, 0.6) is 0 Å². The Labute approximate surface area is 78.7 Å². The predicted molar refractivity (Wildman–Crippen MR) is 50.2 cm³/mol. The summed E-state index contributed by atoms with van der Waals surface area (Å²) in [5.41, 5.74) is 0. The predicted octanol–water partition coefficient (Wildman–Crippen LogP) is 1.66. The van der Waals surface area contributed by atoms with E-state index in [-0.39, 0.29) is 0 Å². The molecule has 1 N–H and O–H groups in total. The first-order chi connectivity index (χ1) is 6.26. The normalized spacial score (nSPS) is 11.1. The van der Waals surface area contributed by atoms with Crippen LogP contribution >= 0.6 is 0 Å². The average molecular weight is 183 g/mol. The van der Waals surface area contributed by atoms with Crippen LogP contribution < -0.4 is 5.32 Å². The average Bonchev–Trinajstić information content (AvgIpc) is 2.53. The van der Waals surface area contributed by atoms with E-state index in [1.807, 2.05) is 0 Å². The molecule has 0 aliphatic heterocycles. The minimum absolute atomic E-state index is 0.548. The van der Waals surface area contributed by atoms with Crippen molar-refractivity contribution in [3.8, 4) is 0 Å². The summed E-state index contributed by atoms with van der Waals surface area (Å²) in [7, 11) is 0. The second kappa shape index (κ2) is 4.97. The smallest absolute Gasteiger partial charge is 0.230 e. The van der Waals surface area contributed by atoms with Gasteiger partial charge in [-0.1, -0.05) is 13.8 Å². The first kappa shape index (κ1) is 10.2. The standard InChI is InChI=1S/C9H17N3O/c1-4-8(5-2)10-6-9-12-11-7(3)13-9/h8,10H,4-6H2,1-3H3. The van der Waals surface area contributed by atoms with Gasteiger partial charge >= 0.3 is 0 Å². The van der Waals surface area contributed by atoms with Crippen molar-refractivity contribution in [2.75, 3.05) is 0 Å². The summed E-state index contributed by atoms with van der Waals surface area (Å²) in [6.07, 6.45) is 2.26. The lowest BCUT2D eigenvalue weighted by atomic mass is 10.2. The van der Waals surface area contributed by atoms with Gasteiger partial charge in [-0.15, -0.1) is 10.2 Å². The number of rotatable bonds is 5. The summed E-state index contributed by atoms with van der Waals surface area (Å²) in [6, 6.07) is 0.548. The van der Waals surface area contributed by atoms with Gasteiger partial charge in [0, 0.05) is 13.0 Å². The lowest BCUT2D eigenvalue weighted by Crippen LogP contribution is -2.27. The number of hydrogen-bond acceptors (Lipinski definition) is 4. The van der Waals surface area contributed by atoms with Crippen molar-refractivity contribution in [3.63, 3.8) is 0 Å². The highest BCUT2D eigenvalue weighted by atomic mass is 16.4. The molecule has 0 aromatic carbocycles. The second-order valence-electron chi connectivity index (χ2n) is 3.11. The Morgan fingerprint density at radius 3 is 2.46 bits per heavy atom. The molecule has 0 unspecified atom stereocenters. The van der Waals surface area contributed by atoms with Crippen LogP contribution in [0.4, 0.5) is 0 Å². The van der Waals surface area contributed by atoms with Crippen LogP contribution in [0.1, 0.15) is 38.5 Å². The fourth-order valence-corrected chi connectivity index (χ4v) is 1.22. The largest absolute Gasteiger partial charge is 0.424 e. The summed E-state index contributed by atoms with van der Waals surface area (Å²) in [6.45, 7) is 6.81. The van der Waals surface area contributed by atoms with Crippen LogP contribution in [-0.4, -0.2) is 16.2 Å². The van der Waals surface area contributed by atoms with Gasteiger partial charge in [-0.25, -0.2) is 0 Å². The molecule has 0 amide bonds. The lowest BCUT2D eigenvalue weighted by molar-refractivity contribution is 0.409. The summed E-state index contributed by atoms with van der Waals surface area (Å²) < 4.78 is 5.24. The molecule has 1 rings (SSSR count). The van der Waals surface area contributed by atoms with Crippen molar-refractivity contribution >= 4 is 0 Å². The van der Waals surface area contributed by atoms with Gasteiger partial charge in [-0.2, -0.15) is 0 Å². The number of aryl methyl sites for hydroxylation is 1. The summed E-state index contributed by atoms with van der Waals surface area (Å²) in [5.74, 6) is 1.30. The molecule has 4 heteroatoms. The molecule has 0 aliphatic rings. The third-order valence-electron chi connectivity index (χ3n) is 2.10. The van der Waals surface area contributed by atoms with Gasteiger partial charge in [0.25, 0.3) is 0 Å². The Hall–Kier alpha value is -0.900. The van der Waals surface area contributed by atoms with Crippen molar-refractivity contribution in [2.24, 2.45) is 0 Å². The van der Waals surface area contributed by atoms with Crippen molar-refractivity contribution in [1.29, 1.82) is 0 Å². The van der Waals surface area contributed by atoms with Gasteiger partial charge < -0.3 is 9.73 Å². The van der Waals surface area contributed by atoms with E-state index >= 15 is 0 Å². The molecule has 1 heterocycles. The van der Waals surface area contributed by atoms with Crippen LogP contribution in [0.15, 0.2) is 4.42 Å². The van der Waals surface area contributed by atoms with Crippen LogP contribution in [0.25, 0.3) is 0 Å². The van der Waals surface area contributed by atoms with Crippen LogP contribution in [0, 0.1) is 6.92 Å². The van der Waals surface area contributed by atoms with Gasteiger partial charge in [0.15, 0.2) is 0 Å². The van der Waals surface area contributed by atoms with E-state index in [0.717, 1.165) is 12.8 Å². The fraction of sp³-hybridized carbons (Fsp3) is 0.778. The lowest BCUT2D eigenvalue weighted by Gasteiger charge is -2.12. The van der Waals surface area contributed by atoms with Gasteiger partial charge in [0.05, 0.1) is 6.54 Å². The molecule has 0 atom stereocenters. The molecule has 0 saturated carbocycles. The highest BCUT2D eigenvalue weighted by Gasteiger charge is 2.05. The van der Waals surface area contributed by atoms with Gasteiger partial charge in [-0.3, -0.25) is 0 Å². The first-order valence-electron chi connectivity index (χ1n) is 4.78. The Bertz CT molecular complexity index is 243. The number of hydrogen-bond donors (Lipinski definition) is 1. The highest BCUT2D eigenvalue weighted by Crippen LogP contribution is 2.00. The monoisotopic (exact) mass is 183 g/mol. The molecule has 1 aromatic heterocycles. The molecule has 0 aliphatic carbocycles. The maximum absolute atomic E-state index is 5.24. The summed E-state index contributed by atoms with van der Waals surface area (Å²) >= 11 is 0. The molecule has 1 aromatic rings. The highest BCUT2D eigenvalue weighted by molar-refractivity contribution is 4.79. The molecule has 0 fully saturated rings. The zero-order valence-corrected chi connectivity index (χ0v) is 8.50. The van der Waals surface area contributed by atoms with E-state index in [1.165, 1.54) is 0 Å². The molecule has 0 bridgehead atoms. The SMILES string of the molecule is CCC(CC)NCc1nnc(C)o1. The van der Waals surface area contributed by atoms with Crippen molar-refractivity contribution in [1.82, 2.24) is 15.5 Å². The van der Waals surface area contributed by atoms with Crippen LogP contribution in [0.2, 0.25) is 0 Å². The second-order valence-corrected chi connectivity index (χ2v) is 3.11. The van der Waals surface area contributed by atoms with E-state index in [2.05, 4.69) is 29.4 Å². The molecule has 13 heavy (non-hydrogen) atoms. The zero-order valence-electron chi connectivity index (χ0n) is 8.50. The number of nitrogens with one attached hydrogen (secondary N) is 1. The number of aromatic nitrogens is 2. The quantitative estimate of drug-likeness (QED) is 0.754. The molecule has 0 saturated heterocycles. The third-order valence-corrected chi connectivity index (χ3v) is 2.10.